The van der Waals surface area contributed by atoms with Gasteiger partial charge in [-0.05, 0) is 57.7 Å². The number of benzene rings is 2. The molecule has 1 amide bonds. The van der Waals surface area contributed by atoms with Crippen LogP contribution in [-0.2, 0) is 6.54 Å². The van der Waals surface area contributed by atoms with Gasteiger partial charge in [-0.2, -0.15) is 0 Å². The van der Waals surface area contributed by atoms with Gasteiger partial charge in [0.2, 0.25) is 0 Å². The van der Waals surface area contributed by atoms with Crippen LogP contribution in [0.2, 0.25) is 0 Å². The van der Waals surface area contributed by atoms with Gasteiger partial charge < -0.3 is 10.4 Å². The summed E-state index contributed by atoms with van der Waals surface area (Å²) in [5.74, 6) is 0.369. The standard InChI is InChI=1S/C30H35N3O3/c1-4-5-6-7-8-9-13-27(21-34)32-30(36)26-12-10-11-24(18-26)20-33-23(3)31-28(19-29(33)35)25-16-14-22(2)15-17-25/h4-7,10-12,14-19,27,34H,8-9,13,20-21H2,1-3H3,(H,32,36)/b5-4-,7-6-. The molecule has 3 aromatic rings. The van der Waals surface area contributed by atoms with E-state index in [0.717, 1.165) is 29.5 Å². The molecule has 1 heterocycles. The van der Waals surface area contributed by atoms with Crippen LogP contribution in [0.15, 0.2) is 83.7 Å². The molecule has 1 aromatic heterocycles. The van der Waals surface area contributed by atoms with Crippen LogP contribution in [-0.4, -0.2) is 33.2 Å². The second-order valence-electron chi connectivity index (χ2n) is 8.92. The monoisotopic (exact) mass is 485 g/mol. The molecule has 0 saturated carbocycles. The Hall–Kier alpha value is -3.77. The number of allylic oxidation sites excluding steroid dienone is 4. The van der Waals surface area contributed by atoms with Crippen molar-refractivity contribution < 1.29 is 9.90 Å². The van der Waals surface area contributed by atoms with Gasteiger partial charge in [0.1, 0.15) is 5.82 Å². The summed E-state index contributed by atoms with van der Waals surface area (Å²) in [6.07, 6.45) is 10.5. The number of aromatic nitrogens is 2. The molecule has 188 valence electrons. The van der Waals surface area contributed by atoms with E-state index in [9.17, 15) is 14.7 Å². The Labute approximate surface area is 213 Å². The van der Waals surface area contributed by atoms with Gasteiger partial charge in [-0.1, -0.05) is 66.3 Å². The number of nitrogens with zero attached hydrogens (tertiary/aromatic N) is 2. The van der Waals surface area contributed by atoms with Crippen LogP contribution in [0.3, 0.4) is 0 Å². The molecule has 0 aliphatic heterocycles. The summed E-state index contributed by atoms with van der Waals surface area (Å²) in [5, 5.41) is 12.6. The quantitative estimate of drug-likeness (QED) is 0.297. The number of aryl methyl sites for hydroxylation is 2. The average molecular weight is 486 g/mol. The highest BCUT2D eigenvalue weighted by atomic mass is 16.3. The minimum absolute atomic E-state index is 0.113. The zero-order chi connectivity index (χ0) is 25.9. The van der Waals surface area contributed by atoms with Crippen molar-refractivity contribution in [2.24, 2.45) is 0 Å². The molecule has 3 rings (SSSR count). The predicted molar refractivity (Wildman–Crippen MR) is 145 cm³/mol. The van der Waals surface area contributed by atoms with Crippen molar-refractivity contribution in [1.29, 1.82) is 0 Å². The fraction of sp³-hybridized carbons (Fsp3) is 0.300. The number of carbonyl (C=O) groups excluding carboxylic acids is 1. The number of hydrogen-bond donors (Lipinski definition) is 2. The maximum atomic E-state index is 12.9. The normalized spacial score (nSPS) is 12.3. The van der Waals surface area contributed by atoms with E-state index in [-0.39, 0.29) is 24.1 Å². The Morgan fingerprint density at radius 1 is 1.11 bits per heavy atom. The van der Waals surface area contributed by atoms with E-state index in [1.807, 2.05) is 69.3 Å². The molecule has 6 nitrogen and oxygen atoms in total. The lowest BCUT2D eigenvalue weighted by Gasteiger charge is -2.16. The number of hydrogen-bond acceptors (Lipinski definition) is 4. The first kappa shape index (κ1) is 26.8. The van der Waals surface area contributed by atoms with Gasteiger partial charge in [0.25, 0.3) is 11.5 Å². The van der Waals surface area contributed by atoms with Crippen molar-refractivity contribution in [2.75, 3.05) is 6.61 Å². The number of nitrogens with one attached hydrogen (secondary N) is 1. The van der Waals surface area contributed by atoms with Crippen LogP contribution in [0.4, 0.5) is 0 Å². The summed E-state index contributed by atoms with van der Waals surface area (Å²) in [7, 11) is 0. The van der Waals surface area contributed by atoms with Crippen molar-refractivity contribution in [3.05, 3.63) is 112 Å². The van der Waals surface area contributed by atoms with E-state index in [2.05, 4.69) is 16.4 Å². The molecule has 0 spiro atoms. The van der Waals surface area contributed by atoms with E-state index in [1.165, 1.54) is 0 Å². The molecule has 0 bridgehead atoms. The van der Waals surface area contributed by atoms with Crippen LogP contribution in [0.25, 0.3) is 11.3 Å². The Morgan fingerprint density at radius 3 is 2.58 bits per heavy atom. The molecule has 0 aliphatic carbocycles. The molecule has 0 radical (unpaired) electrons. The maximum Gasteiger partial charge on any atom is 0.254 e. The number of unbranched alkanes of at least 4 members (excludes halogenated alkanes) is 1. The first-order chi connectivity index (χ1) is 17.4. The molecule has 6 heteroatoms. The number of aliphatic hydroxyl groups is 1. The first-order valence-corrected chi connectivity index (χ1v) is 12.3. The number of aliphatic hydroxyl groups excluding tert-OH is 1. The summed E-state index contributed by atoms with van der Waals surface area (Å²) < 4.78 is 1.60. The van der Waals surface area contributed by atoms with Crippen LogP contribution in [0.5, 0.6) is 0 Å². The number of rotatable bonds is 11. The highest BCUT2D eigenvalue weighted by Gasteiger charge is 2.14. The lowest BCUT2D eigenvalue weighted by molar-refractivity contribution is 0.0912. The van der Waals surface area contributed by atoms with Gasteiger partial charge in [-0.15, -0.1) is 0 Å². The van der Waals surface area contributed by atoms with Crippen LogP contribution < -0.4 is 10.9 Å². The fourth-order valence-corrected chi connectivity index (χ4v) is 3.93. The van der Waals surface area contributed by atoms with Gasteiger partial charge in [-0.25, -0.2) is 4.98 Å². The second kappa shape index (κ2) is 13.4. The van der Waals surface area contributed by atoms with Crippen LogP contribution >= 0.6 is 0 Å². The molecular weight excluding hydrogens is 450 g/mol. The van der Waals surface area contributed by atoms with Crippen LogP contribution in [0, 0.1) is 13.8 Å². The Balaban J connectivity index is 1.67. The van der Waals surface area contributed by atoms with Crippen molar-refractivity contribution in [3.8, 4) is 11.3 Å². The number of amides is 1. The Kier molecular flexibility index (Phi) is 9.95. The largest absolute Gasteiger partial charge is 0.394 e. The number of carbonyl (C=O) groups is 1. The van der Waals surface area contributed by atoms with Gasteiger partial charge in [0.05, 0.1) is 24.9 Å². The van der Waals surface area contributed by atoms with Gasteiger partial charge >= 0.3 is 0 Å². The summed E-state index contributed by atoms with van der Waals surface area (Å²) in [6, 6.07) is 16.4. The maximum absolute atomic E-state index is 12.9. The van der Waals surface area contributed by atoms with Gasteiger partial charge in [0, 0.05) is 17.2 Å². The molecule has 0 aliphatic rings. The highest BCUT2D eigenvalue weighted by Crippen LogP contribution is 2.17. The topological polar surface area (TPSA) is 84.2 Å². The molecule has 1 unspecified atom stereocenters. The third kappa shape index (κ3) is 7.62. The van der Waals surface area contributed by atoms with E-state index in [0.29, 0.717) is 30.0 Å². The Bertz CT molecular complexity index is 1270. The minimum Gasteiger partial charge on any atom is -0.394 e. The summed E-state index contributed by atoms with van der Waals surface area (Å²) in [4.78, 5) is 30.4. The van der Waals surface area contributed by atoms with E-state index < -0.39 is 0 Å². The fourth-order valence-electron chi connectivity index (χ4n) is 3.93. The molecule has 2 N–H and O–H groups in total. The zero-order valence-electron chi connectivity index (χ0n) is 21.3. The molecule has 1 atom stereocenters. The first-order valence-electron chi connectivity index (χ1n) is 12.3. The average Bonchev–Trinajstić information content (AvgIpc) is 2.88. The molecule has 0 fully saturated rings. The van der Waals surface area contributed by atoms with E-state index in [1.54, 1.807) is 28.8 Å². The van der Waals surface area contributed by atoms with Crippen molar-refractivity contribution >= 4 is 5.91 Å². The molecule has 36 heavy (non-hydrogen) atoms. The van der Waals surface area contributed by atoms with Crippen molar-refractivity contribution in [2.45, 2.75) is 52.6 Å². The minimum atomic E-state index is -0.306. The lowest BCUT2D eigenvalue weighted by atomic mass is 10.1. The molecule has 2 aromatic carbocycles. The van der Waals surface area contributed by atoms with Gasteiger partial charge in [0.15, 0.2) is 0 Å². The van der Waals surface area contributed by atoms with Crippen molar-refractivity contribution in [3.63, 3.8) is 0 Å². The molecular formula is C30H35N3O3. The van der Waals surface area contributed by atoms with Crippen LogP contribution in [0.1, 0.15) is 53.5 Å². The highest BCUT2D eigenvalue weighted by molar-refractivity contribution is 5.94. The summed E-state index contributed by atoms with van der Waals surface area (Å²) in [5.41, 5.74) is 3.88. The predicted octanol–water partition coefficient (Wildman–Crippen LogP) is 4.97. The summed E-state index contributed by atoms with van der Waals surface area (Å²) in [6.45, 7) is 6.00. The molecule has 0 saturated heterocycles. The zero-order valence-corrected chi connectivity index (χ0v) is 21.3. The third-order valence-corrected chi connectivity index (χ3v) is 5.99. The third-order valence-electron chi connectivity index (χ3n) is 5.99. The SMILES string of the molecule is C/C=C\C=C/CCCC(CO)NC(=O)c1cccc(Cn2c(C)nc(-c3ccc(C)cc3)cc2=O)c1. The second-order valence-corrected chi connectivity index (χ2v) is 8.92. The lowest BCUT2D eigenvalue weighted by Crippen LogP contribution is -2.37. The summed E-state index contributed by atoms with van der Waals surface area (Å²) >= 11 is 0. The van der Waals surface area contributed by atoms with Gasteiger partial charge in [-0.3, -0.25) is 14.2 Å². The van der Waals surface area contributed by atoms with E-state index in [4.69, 9.17) is 0 Å². The van der Waals surface area contributed by atoms with E-state index >= 15 is 0 Å². The smallest absolute Gasteiger partial charge is 0.254 e. The Morgan fingerprint density at radius 2 is 1.89 bits per heavy atom. The van der Waals surface area contributed by atoms with Crippen molar-refractivity contribution in [1.82, 2.24) is 14.9 Å².